The van der Waals surface area contributed by atoms with Crippen LogP contribution >= 0.6 is 0 Å². The maximum atomic E-state index is 13.2. The fourth-order valence-electron chi connectivity index (χ4n) is 2.50. The minimum absolute atomic E-state index is 0.161. The Bertz CT molecular complexity index is 747. The lowest BCUT2D eigenvalue weighted by molar-refractivity contribution is -0.129. The Labute approximate surface area is 137 Å². The number of rotatable bonds is 4. The van der Waals surface area contributed by atoms with Crippen LogP contribution in [0.3, 0.4) is 0 Å². The molecular weight excluding hydrogens is 315 g/mol. The van der Waals surface area contributed by atoms with Crippen molar-refractivity contribution in [3.05, 3.63) is 30.1 Å². The molecule has 24 heavy (non-hydrogen) atoms. The molecule has 0 aliphatic carbocycles. The van der Waals surface area contributed by atoms with E-state index >= 15 is 0 Å². The van der Waals surface area contributed by atoms with Crippen molar-refractivity contribution in [3.63, 3.8) is 0 Å². The van der Waals surface area contributed by atoms with Crippen LogP contribution < -0.4 is 10.6 Å². The lowest BCUT2D eigenvalue weighted by atomic mass is 10.1. The van der Waals surface area contributed by atoms with E-state index in [2.05, 4.69) is 26.0 Å². The van der Waals surface area contributed by atoms with E-state index in [4.69, 9.17) is 0 Å². The van der Waals surface area contributed by atoms with E-state index in [-0.39, 0.29) is 24.2 Å². The van der Waals surface area contributed by atoms with Gasteiger partial charge in [0.25, 0.3) is 0 Å². The van der Waals surface area contributed by atoms with Crippen molar-refractivity contribution in [1.29, 1.82) is 0 Å². The third-order valence-electron chi connectivity index (χ3n) is 3.69. The highest BCUT2D eigenvalue weighted by atomic mass is 19.1. The molecule has 1 unspecified atom stereocenters. The molecule has 8 nitrogen and oxygen atoms in total. The highest BCUT2D eigenvalue weighted by Crippen LogP contribution is 2.14. The Morgan fingerprint density at radius 2 is 2.29 bits per heavy atom. The predicted molar refractivity (Wildman–Crippen MR) is 82.0 cm³/mol. The molecule has 9 heteroatoms. The first kappa shape index (κ1) is 16.0. The third kappa shape index (κ3) is 3.92. The maximum absolute atomic E-state index is 13.2. The third-order valence-corrected chi connectivity index (χ3v) is 3.69. The zero-order valence-electron chi connectivity index (χ0n) is 12.9. The molecule has 2 heterocycles. The van der Waals surface area contributed by atoms with Gasteiger partial charge in [0.15, 0.2) is 0 Å². The molecule has 0 spiro atoms. The minimum Gasteiger partial charge on any atom is -0.354 e. The van der Waals surface area contributed by atoms with Crippen molar-refractivity contribution < 1.29 is 14.0 Å². The van der Waals surface area contributed by atoms with Gasteiger partial charge in [0.2, 0.25) is 17.6 Å². The summed E-state index contributed by atoms with van der Waals surface area (Å²) in [5.41, 5.74) is 0.477. The van der Waals surface area contributed by atoms with Crippen molar-refractivity contribution in [1.82, 2.24) is 30.8 Å². The van der Waals surface area contributed by atoms with Gasteiger partial charge in [-0.05, 0) is 36.6 Å². The van der Waals surface area contributed by atoms with Crippen LogP contribution in [0.5, 0.6) is 0 Å². The van der Waals surface area contributed by atoms with E-state index in [1.165, 1.54) is 12.1 Å². The average molecular weight is 332 g/mol. The number of hydrogen-bond donors (Lipinski definition) is 2. The smallest absolute Gasteiger partial charge is 0.244 e. The Morgan fingerprint density at radius 3 is 3.12 bits per heavy atom. The molecule has 3 rings (SSSR count). The number of carbonyl (C=O) groups is 2. The Hall–Kier alpha value is -2.84. The van der Waals surface area contributed by atoms with Crippen LogP contribution in [0, 0.1) is 5.82 Å². The molecule has 2 aromatic rings. The number of nitrogens with zero attached hydrogens (tertiary/aromatic N) is 4. The number of hydrogen-bond acceptors (Lipinski definition) is 5. The topological polar surface area (TPSA) is 102 Å². The van der Waals surface area contributed by atoms with Crippen LogP contribution in [0.25, 0.3) is 11.4 Å². The zero-order chi connectivity index (χ0) is 16.9. The fraction of sp³-hybridized carbons (Fsp3) is 0.400. The van der Waals surface area contributed by atoms with E-state index in [1.807, 2.05) is 0 Å². The molecule has 1 saturated heterocycles. The molecule has 1 fully saturated rings. The zero-order valence-corrected chi connectivity index (χ0v) is 12.9. The van der Waals surface area contributed by atoms with Crippen LogP contribution in [-0.2, 0) is 16.1 Å². The van der Waals surface area contributed by atoms with Gasteiger partial charge in [-0.25, -0.2) is 4.39 Å². The Morgan fingerprint density at radius 1 is 1.42 bits per heavy atom. The second kappa shape index (κ2) is 7.16. The lowest BCUT2D eigenvalue weighted by Gasteiger charge is -2.14. The van der Waals surface area contributed by atoms with Gasteiger partial charge < -0.3 is 10.6 Å². The molecule has 0 saturated carbocycles. The van der Waals surface area contributed by atoms with Crippen LogP contribution in [0.2, 0.25) is 0 Å². The first-order valence-corrected chi connectivity index (χ1v) is 7.72. The minimum atomic E-state index is -0.536. The van der Waals surface area contributed by atoms with Gasteiger partial charge in [0.1, 0.15) is 18.4 Å². The van der Waals surface area contributed by atoms with Crippen molar-refractivity contribution in [2.45, 2.75) is 31.8 Å². The first-order chi connectivity index (χ1) is 11.6. The molecule has 1 aliphatic rings. The van der Waals surface area contributed by atoms with E-state index < -0.39 is 11.9 Å². The number of amides is 2. The summed E-state index contributed by atoms with van der Waals surface area (Å²) in [4.78, 5) is 25.0. The predicted octanol–water partition coefficient (Wildman–Crippen LogP) is 0.264. The maximum Gasteiger partial charge on any atom is 0.244 e. The standard InChI is InChI=1S/C15H17FN6O2/c16-11-5-3-4-10(8-11)14-19-21-22(20-14)9-13(23)18-12-6-1-2-7-17-15(12)24/h3-5,8,12H,1-2,6-7,9H2,(H,17,24)(H,18,23). The number of carbonyl (C=O) groups excluding carboxylic acids is 2. The van der Waals surface area contributed by atoms with E-state index in [9.17, 15) is 14.0 Å². The number of benzene rings is 1. The summed E-state index contributed by atoms with van der Waals surface area (Å²) < 4.78 is 13.2. The average Bonchev–Trinajstić information content (AvgIpc) is 2.92. The Balaban J connectivity index is 1.62. The molecule has 2 N–H and O–H groups in total. The number of halogens is 1. The highest BCUT2D eigenvalue weighted by Gasteiger charge is 2.22. The second-order valence-corrected chi connectivity index (χ2v) is 5.56. The molecule has 1 atom stereocenters. The van der Waals surface area contributed by atoms with Gasteiger partial charge in [-0.15, -0.1) is 10.2 Å². The molecular formula is C15H17FN6O2. The number of tetrazole rings is 1. The van der Waals surface area contributed by atoms with Gasteiger partial charge >= 0.3 is 0 Å². The molecule has 1 aromatic carbocycles. The van der Waals surface area contributed by atoms with Gasteiger partial charge in [-0.3, -0.25) is 9.59 Å². The molecule has 0 bridgehead atoms. The van der Waals surface area contributed by atoms with Crippen molar-refractivity contribution in [3.8, 4) is 11.4 Å². The van der Waals surface area contributed by atoms with Crippen molar-refractivity contribution in [2.24, 2.45) is 0 Å². The quantitative estimate of drug-likeness (QED) is 0.836. The van der Waals surface area contributed by atoms with Crippen LogP contribution in [-0.4, -0.2) is 44.6 Å². The van der Waals surface area contributed by atoms with E-state index in [1.54, 1.807) is 12.1 Å². The number of nitrogens with one attached hydrogen (secondary N) is 2. The second-order valence-electron chi connectivity index (χ2n) is 5.56. The van der Waals surface area contributed by atoms with Crippen LogP contribution in [0.1, 0.15) is 19.3 Å². The number of aromatic nitrogens is 4. The summed E-state index contributed by atoms with van der Waals surface area (Å²) in [7, 11) is 0. The highest BCUT2D eigenvalue weighted by molar-refractivity contribution is 5.87. The molecule has 2 amide bonds. The molecule has 1 aromatic heterocycles. The van der Waals surface area contributed by atoms with Gasteiger partial charge in [-0.1, -0.05) is 12.1 Å². The fourth-order valence-corrected chi connectivity index (χ4v) is 2.50. The molecule has 126 valence electrons. The summed E-state index contributed by atoms with van der Waals surface area (Å²) in [6.07, 6.45) is 2.38. The lowest BCUT2D eigenvalue weighted by Crippen LogP contribution is -2.46. The largest absolute Gasteiger partial charge is 0.354 e. The SMILES string of the molecule is O=C(Cn1nnc(-c2cccc(F)c2)n1)NC1CCCCNC1=O. The van der Waals surface area contributed by atoms with Crippen LogP contribution in [0.15, 0.2) is 24.3 Å². The summed E-state index contributed by atoms with van der Waals surface area (Å²) in [6.45, 7) is 0.471. The van der Waals surface area contributed by atoms with E-state index in [0.717, 1.165) is 17.6 Å². The van der Waals surface area contributed by atoms with Crippen molar-refractivity contribution >= 4 is 11.8 Å². The van der Waals surface area contributed by atoms with Crippen molar-refractivity contribution in [2.75, 3.05) is 6.54 Å². The summed E-state index contributed by atoms with van der Waals surface area (Å²) >= 11 is 0. The normalized spacial score (nSPS) is 17.9. The summed E-state index contributed by atoms with van der Waals surface area (Å²) in [6, 6.07) is 5.27. The Kier molecular flexibility index (Phi) is 4.78. The molecule has 1 aliphatic heterocycles. The van der Waals surface area contributed by atoms with Gasteiger partial charge in [-0.2, -0.15) is 4.80 Å². The van der Waals surface area contributed by atoms with E-state index in [0.29, 0.717) is 18.5 Å². The van der Waals surface area contributed by atoms with Crippen LogP contribution in [0.4, 0.5) is 4.39 Å². The molecule has 0 radical (unpaired) electrons. The monoisotopic (exact) mass is 332 g/mol. The van der Waals surface area contributed by atoms with Gasteiger partial charge in [0, 0.05) is 12.1 Å². The first-order valence-electron chi connectivity index (χ1n) is 7.72. The summed E-state index contributed by atoms with van der Waals surface area (Å²) in [5, 5.41) is 17.1. The summed E-state index contributed by atoms with van der Waals surface area (Å²) in [5.74, 6) is -0.719. The van der Waals surface area contributed by atoms with Gasteiger partial charge in [0.05, 0.1) is 0 Å².